The second-order valence-corrected chi connectivity index (χ2v) is 7.38. The highest BCUT2D eigenvalue weighted by Crippen LogP contribution is 2.32. The van der Waals surface area contributed by atoms with E-state index in [2.05, 4.69) is 24.0 Å². The van der Waals surface area contributed by atoms with Crippen LogP contribution in [0.4, 0.5) is 0 Å². The number of ether oxygens (including phenoxy) is 2. The molecule has 2 heterocycles. The van der Waals surface area contributed by atoms with E-state index in [-0.39, 0.29) is 30.7 Å². The number of amides is 1. The molecule has 1 atom stereocenters. The van der Waals surface area contributed by atoms with E-state index < -0.39 is 5.41 Å². The highest BCUT2D eigenvalue weighted by atomic mass is 35.5. The molecule has 0 saturated carbocycles. The molecule has 0 aromatic heterocycles. The molecule has 2 saturated heterocycles. The fraction of sp³-hybridized carbons (Fsp3) is 0.650. The summed E-state index contributed by atoms with van der Waals surface area (Å²) in [4.78, 5) is 17.5. The van der Waals surface area contributed by atoms with Gasteiger partial charge in [0.1, 0.15) is 5.75 Å². The van der Waals surface area contributed by atoms with Gasteiger partial charge in [-0.05, 0) is 37.5 Å². The van der Waals surface area contributed by atoms with Crippen molar-refractivity contribution in [1.29, 1.82) is 0 Å². The van der Waals surface area contributed by atoms with E-state index >= 15 is 0 Å². The molecule has 1 aromatic rings. The number of carbonyl (C=O) groups excluding carboxylic acids is 1. The van der Waals surface area contributed by atoms with Crippen LogP contribution < -0.4 is 10.5 Å². The zero-order chi connectivity index (χ0) is 18.6. The summed E-state index contributed by atoms with van der Waals surface area (Å²) in [5, 5.41) is 0. The summed E-state index contributed by atoms with van der Waals surface area (Å²) in [5.74, 6) is 1.10. The fourth-order valence-electron chi connectivity index (χ4n) is 4.03. The lowest BCUT2D eigenvalue weighted by atomic mass is 9.78. The van der Waals surface area contributed by atoms with E-state index in [1.807, 2.05) is 17.0 Å². The number of nitrogens with two attached hydrogens (primary N) is 1. The van der Waals surface area contributed by atoms with Crippen molar-refractivity contribution in [2.75, 3.05) is 53.0 Å². The van der Waals surface area contributed by atoms with Crippen LogP contribution in [-0.2, 0) is 9.53 Å². The number of carbonyl (C=O) groups is 1. The van der Waals surface area contributed by atoms with E-state index in [1.54, 1.807) is 7.11 Å². The number of rotatable bonds is 5. The zero-order valence-electron chi connectivity index (χ0n) is 16.8. The molecule has 28 heavy (non-hydrogen) atoms. The lowest BCUT2D eigenvalue weighted by molar-refractivity contribution is -0.149. The topological polar surface area (TPSA) is 68.0 Å². The monoisotopic (exact) mass is 433 g/mol. The van der Waals surface area contributed by atoms with E-state index in [0.717, 1.165) is 44.8 Å². The van der Waals surface area contributed by atoms with Crippen molar-refractivity contribution in [3.05, 3.63) is 29.8 Å². The van der Waals surface area contributed by atoms with E-state index in [4.69, 9.17) is 15.2 Å². The lowest BCUT2D eigenvalue weighted by Gasteiger charge is -2.43. The molecule has 1 amide bonds. The van der Waals surface area contributed by atoms with Gasteiger partial charge >= 0.3 is 0 Å². The summed E-state index contributed by atoms with van der Waals surface area (Å²) in [5.41, 5.74) is 6.82. The Morgan fingerprint density at radius 1 is 1.21 bits per heavy atom. The molecule has 1 unspecified atom stereocenters. The number of benzene rings is 1. The average Bonchev–Trinajstić information content (AvgIpc) is 2.73. The number of piperazine rings is 1. The van der Waals surface area contributed by atoms with Crippen LogP contribution in [0, 0.1) is 5.41 Å². The predicted octanol–water partition coefficient (Wildman–Crippen LogP) is 2.50. The maximum Gasteiger partial charge on any atom is 0.230 e. The van der Waals surface area contributed by atoms with Gasteiger partial charge in [-0.15, -0.1) is 24.8 Å². The Kier molecular flexibility index (Phi) is 10.0. The Balaban J connectivity index is 0.00000196. The third-order valence-corrected chi connectivity index (χ3v) is 6.02. The van der Waals surface area contributed by atoms with Crippen molar-refractivity contribution in [3.8, 4) is 5.75 Å². The molecule has 0 spiro atoms. The molecule has 2 aliphatic rings. The van der Waals surface area contributed by atoms with Crippen molar-refractivity contribution in [3.63, 3.8) is 0 Å². The Labute approximate surface area is 180 Å². The van der Waals surface area contributed by atoms with Crippen LogP contribution in [0.1, 0.15) is 31.4 Å². The standard InChI is InChI=1S/C20H31N3O3.2ClH/c1-16(17-4-3-5-18(14-17)25-2)22-8-10-23(11-9-22)19(24)20(15-21)6-12-26-13-7-20;;/h3-5,14,16H,6-13,15,21H2,1-2H3;2*1H. The molecule has 2 aliphatic heterocycles. The summed E-state index contributed by atoms with van der Waals surface area (Å²) in [6.45, 7) is 7.17. The predicted molar refractivity (Wildman–Crippen MR) is 116 cm³/mol. The third-order valence-electron chi connectivity index (χ3n) is 6.02. The molecule has 2 N–H and O–H groups in total. The molecule has 1 aromatic carbocycles. The van der Waals surface area contributed by atoms with Crippen LogP contribution in [0.15, 0.2) is 24.3 Å². The Bertz CT molecular complexity index is 618. The van der Waals surface area contributed by atoms with Gasteiger partial charge in [-0.25, -0.2) is 0 Å². The quantitative estimate of drug-likeness (QED) is 0.772. The molecular formula is C20H33Cl2N3O3. The number of nitrogens with zero attached hydrogens (tertiary/aromatic N) is 2. The fourth-order valence-corrected chi connectivity index (χ4v) is 4.03. The largest absolute Gasteiger partial charge is 0.497 e. The third kappa shape index (κ3) is 5.30. The summed E-state index contributed by atoms with van der Waals surface area (Å²) in [7, 11) is 1.69. The van der Waals surface area contributed by atoms with Crippen LogP contribution in [0.5, 0.6) is 5.75 Å². The van der Waals surface area contributed by atoms with Gasteiger partial charge in [0.2, 0.25) is 5.91 Å². The smallest absolute Gasteiger partial charge is 0.230 e. The van der Waals surface area contributed by atoms with Gasteiger partial charge in [-0.2, -0.15) is 0 Å². The van der Waals surface area contributed by atoms with Crippen molar-refractivity contribution in [2.24, 2.45) is 11.1 Å². The van der Waals surface area contributed by atoms with Crippen LogP contribution in [0.2, 0.25) is 0 Å². The van der Waals surface area contributed by atoms with E-state index in [1.165, 1.54) is 5.56 Å². The maximum atomic E-state index is 13.1. The second kappa shape index (κ2) is 11.2. The Hall–Kier alpha value is -1.05. The van der Waals surface area contributed by atoms with E-state index in [9.17, 15) is 4.79 Å². The van der Waals surface area contributed by atoms with Gasteiger partial charge in [-0.3, -0.25) is 9.69 Å². The molecule has 6 nitrogen and oxygen atoms in total. The zero-order valence-corrected chi connectivity index (χ0v) is 18.4. The van der Waals surface area contributed by atoms with Crippen LogP contribution >= 0.6 is 24.8 Å². The van der Waals surface area contributed by atoms with Crippen molar-refractivity contribution in [2.45, 2.75) is 25.8 Å². The van der Waals surface area contributed by atoms with Gasteiger partial charge in [0, 0.05) is 52.0 Å². The average molecular weight is 434 g/mol. The van der Waals surface area contributed by atoms with Crippen molar-refractivity contribution >= 4 is 30.7 Å². The van der Waals surface area contributed by atoms with Crippen molar-refractivity contribution in [1.82, 2.24) is 9.80 Å². The molecular weight excluding hydrogens is 401 g/mol. The number of hydrogen-bond donors (Lipinski definition) is 1. The van der Waals surface area contributed by atoms with Crippen LogP contribution in [-0.4, -0.2) is 68.8 Å². The van der Waals surface area contributed by atoms with Gasteiger partial charge in [0.05, 0.1) is 12.5 Å². The van der Waals surface area contributed by atoms with Gasteiger partial charge in [0.25, 0.3) is 0 Å². The van der Waals surface area contributed by atoms with Crippen LogP contribution in [0.3, 0.4) is 0 Å². The first kappa shape index (κ1) is 25.0. The first-order valence-electron chi connectivity index (χ1n) is 9.55. The lowest BCUT2D eigenvalue weighted by Crippen LogP contribution is -2.56. The van der Waals surface area contributed by atoms with Crippen LogP contribution in [0.25, 0.3) is 0 Å². The molecule has 0 radical (unpaired) electrons. The highest BCUT2D eigenvalue weighted by Gasteiger charge is 2.42. The molecule has 0 bridgehead atoms. The summed E-state index contributed by atoms with van der Waals surface area (Å²) in [6, 6.07) is 8.52. The van der Waals surface area contributed by atoms with E-state index in [0.29, 0.717) is 25.8 Å². The number of methoxy groups -OCH3 is 1. The first-order valence-corrected chi connectivity index (χ1v) is 9.55. The minimum absolute atomic E-state index is 0. The number of hydrogen-bond acceptors (Lipinski definition) is 5. The number of halogens is 2. The molecule has 160 valence electrons. The molecule has 2 fully saturated rings. The van der Waals surface area contributed by atoms with Crippen molar-refractivity contribution < 1.29 is 14.3 Å². The molecule has 0 aliphatic carbocycles. The summed E-state index contributed by atoms with van der Waals surface area (Å²) >= 11 is 0. The second-order valence-electron chi connectivity index (χ2n) is 7.38. The SMILES string of the molecule is COc1cccc(C(C)N2CCN(C(=O)C3(CN)CCOCC3)CC2)c1.Cl.Cl. The van der Waals surface area contributed by atoms with Gasteiger partial charge in [-0.1, -0.05) is 12.1 Å². The molecule has 8 heteroatoms. The van der Waals surface area contributed by atoms with Gasteiger partial charge < -0.3 is 20.1 Å². The highest BCUT2D eigenvalue weighted by molar-refractivity contribution is 5.85. The first-order chi connectivity index (χ1) is 12.6. The van der Waals surface area contributed by atoms with Gasteiger partial charge in [0.15, 0.2) is 0 Å². The molecule has 3 rings (SSSR count). The minimum Gasteiger partial charge on any atom is -0.497 e. The summed E-state index contributed by atoms with van der Waals surface area (Å²) in [6.07, 6.45) is 1.48. The normalized spacial score (nSPS) is 20.5. The Morgan fingerprint density at radius 3 is 2.43 bits per heavy atom. The summed E-state index contributed by atoms with van der Waals surface area (Å²) < 4.78 is 10.8. The maximum absolute atomic E-state index is 13.1. The minimum atomic E-state index is -0.418. The Morgan fingerprint density at radius 2 is 1.86 bits per heavy atom.